The van der Waals surface area contributed by atoms with E-state index in [1.54, 1.807) is 0 Å². The predicted molar refractivity (Wildman–Crippen MR) is 318 cm³/mol. The van der Waals surface area contributed by atoms with Crippen molar-refractivity contribution >= 4 is 17.9 Å². The molecule has 2 unspecified atom stereocenters. The van der Waals surface area contributed by atoms with E-state index in [0.717, 1.165) is 70.6 Å². The lowest BCUT2D eigenvalue weighted by Crippen LogP contribution is -2.40. The summed E-state index contributed by atoms with van der Waals surface area (Å²) in [6, 6.07) is 0. The number of esters is 2. The molecule has 2 atom stereocenters. The van der Waals surface area contributed by atoms with Gasteiger partial charge in [-0.25, -0.2) is 4.79 Å². The zero-order valence-electron chi connectivity index (χ0n) is 48.7. The molecule has 0 aliphatic heterocycles. The van der Waals surface area contributed by atoms with Crippen molar-refractivity contribution in [2.75, 3.05) is 47.5 Å². The third-order valence-corrected chi connectivity index (χ3v) is 12.5. The maximum atomic E-state index is 12.9. The molecule has 0 saturated heterocycles. The molecule has 75 heavy (non-hydrogen) atoms. The molecule has 0 aromatic heterocycles. The highest BCUT2D eigenvalue weighted by atomic mass is 16.7. The molecule has 0 rings (SSSR count). The number of carboxylic acids is 1. The van der Waals surface area contributed by atoms with E-state index in [4.69, 9.17) is 18.9 Å². The van der Waals surface area contributed by atoms with Gasteiger partial charge < -0.3 is 28.5 Å². The summed E-state index contributed by atoms with van der Waals surface area (Å²) in [7, 11) is 5.94. The summed E-state index contributed by atoms with van der Waals surface area (Å²) in [5, 5.41) is 9.68. The fourth-order valence-electron chi connectivity index (χ4n) is 8.00. The summed E-state index contributed by atoms with van der Waals surface area (Å²) < 4.78 is 22.7. The molecular formula is C66H112NO8+. The molecule has 9 nitrogen and oxygen atoms in total. The van der Waals surface area contributed by atoms with Gasteiger partial charge in [-0.3, -0.25) is 9.59 Å². The molecule has 0 spiro atoms. The van der Waals surface area contributed by atoms with E-state index in [9.17, 15) is 19.5 Å². The summed E-state index contributed by atoms with van der Waals surface area (Å²) >= 11 is 0. The van der Waals surface area contributed by atoms with Crippen LogP contribution < -0.4 is 0 Å². The van der Waals surface area contributed by atoms with Crippen molar-refractivity contribution in [3.8, 4) is 0 Å². The molecule has 0 aliphatic carbocycles. The van der Waals surface area contributed by atoms with E-state index in [1.807, 2.05) is 33.3 Å². The van der Waals surface area contributed by atoms with Crippen molar-refractivity contribution in [3.05, 3.63) is 109 Å². The molecule has 0 aromatic rings. The normalized spacial score (nSPS) is 13.6. The van der Waals surface area contributed by atoms with E-state index in [2.05, 4.69) is 111 Å². The van der Waals surface area contributed by atoms with Gasteiger partial charge in [0, 0.05) is 12.8 Å². The molecule has 1 N–H and O–H groups in total. The van der Waals surface area contributed by atoms with Crippen LogP contribution in [-0.2, 0) is 33.3 Å². The lowest BCUT2D eigenvalue weighted by Gasteiger charge is -2.25. The standard InChI is InChI=1S/C66H111NO8/c1-6-8-10-12-14-16-18-20-21-22-23-24-25-26-27-28-29-30-31-32-33-34-35-36-37-38-39-40-41-42-43-45-47-49-51-53-55-57-64(69)75-62(61-74-66(65(70)71)72-59-58-67(3,4)5)60-73-63(68)56-54-52-50-48-46-44-19-17-15-13-11-9-7-2/h8-11,14-17,20-21,23-24,26-27,44,46,50,52,62,66H,6-7,12-13,18-19,22,25,28-43,45,47-49,51,53-61H2,1-5H3/p+1/b10-8-,11-9-,16-14-,17-15-,21-20-,24-23-,27-26-,46-44-,52-50-. The van der Waals surface area contributed by atoms with Crippen molar-refractivity contribution in [1.29, 1.82) is 0 Å². The van der Waals surface area contributed by atoms with Crippen LogP contribution in [0.3, 0.4) is 0 Å². The summed E-state index contributed by atoms with van der Waals surface area (Å²) in [5.74, 6) is -2.11. The first kappa shape index (κ1) is 71.0. The van der Waals surface area contributed by atoms with Crippen LogP contribution in [0.2, 0.25) is 0 Å². The van der Waals surface area contributed by atoms with E-state index in [1.165, 1.54) is 122 Å². The minimum Gasteiger partial charge on any atom is -0.477 e. The Balaban J connectivity index is 4.05. The Morgan fingerprint density at radius 2 is 0.747 bits per heavy atom. The highest BCUT2D eigenvalue weighted by molar-refractivity contribution is 5.71. The van der Waals surface area contributed by atoms with Crippen LogP contribution in [0.5, 0.6) is 0 Å². The lowest BCUT2D eigenvalue weighted by molar-refractivity contribution is -0.870. The minimum atomic E-state index is -1.53. The lowest BCUT2D eigenvalue weighted by atomic mass is 10.0. The van der Waals surface area contributed by atoms with Crippen molar-refractivity contribution in [2.24, 2.45) is 0 Å². The van der Waals surface area contributed by atoms with Crippen molar-refractivity contribution in [3.63, 3.8) is 0 Å². The largest absolute Gasteiger partial charge is 0.477 e. The molecule has 0 fully saturated rings. The van der Waals surface area contributed by atoms with Crippen LogP contribution in [0.4, 0.5) is 0 Å². The predicted octanol–water partition coefficient (Wildman–Crippen LogP) is 17.9. The van der Waals surface area contributed by atoms with E-state index in [0.29, 0.717) is 23.9 Å². The van der Waals surface area contributed by atoms with Crippen LogP contribution in [0, 0.1) is 0 Å². The number of hydrogen-bond donors (Lipinski definition) is 1. The van der Waals surface area contributed by atoms with Crippen LogP contribution in [0.15, 0.2) is 109 Å². The molecule has 0 saturated carbocycles. The van der Waals surface area contributed by atoms with Crippen LogP contribution in [-0.4, -0.2) is 87.4 Å². The fourth-order valence-corrected chi connectivity index (χ4v) is 8.00. The maximum Gasteiger partial charge on any atom is 0.361 e. The number of hydrogen-bond acceptors (Lipinski definition) is 7. The Morgan fingerprint density at radius 1 is 0.400 bits per heavy atom. The number of aliphatic carboxylic acids is 1. The van der Waals surface area contributed by atoms with Crippen molar-refractivity contribution in [1.82, 2.24) is 0 Å². The second kappa shape index (κ2) is 56.2. The molecular weight excluding hydrogens is 935 g/mol. The number of unbranched alkanes of at least 4 members (excludes halogenated alkanes) is 21. The Hall–Kier alpha value is -4.05. The molecule has 0 heterocycles. The van der Waals surface area contributed by atoms with Gasteiger partial charge in [0.25, 0.3) is 6.29 Å². The number of carbonyl (C=O) groups is 3. The van der Waals surface area contributed by atoms with Gasteiger partial charge in [-0.2, -0.15) is 0 Å². The Bertz CT molecular complexity index is 1590. The number of nitrogens with zero attached hydrogens (tertiary/aromatic N) is 1. The van der Waals surface area contributed by atoms with Gasteiger partial charge in [-0.15, -0.1) is 0 Å². The third-order valence-electron chi connectivity index (χ3n) is 12.5. The average Bonchev–Trinajstić information content (AvgIpc) is 3.38. The number of allylic oxidation sites excluding steroid dienone is 18. The first-order valence-corrected chi connectivity index (χ1v) is 30.1. The number of quaternary nitrogens is 1. The van der Waals surface area contributed by atoms with Gasteiger partial charge >= 0.3 is 17.9 Å². The highest BCUT2D eigenvalue weighted by Gasteiger charge is 2.25. The Morgan fingerprint density at radius 3 is 1.12 bits per heavy atom. The van der Waals surface area contributed by atoms with Crippen LogP contribution in [0.25, 0.3) is 0 Å². The zero-order valence-corrected chi connectivity index (χ0v) is 48.7. The topological polar surface area (TPSA) is 108 Å². The van der Waals surface area contributed by atoms with Gasteiger partial charge in [0.05, 0.1) is 34.4 Å². The smallest absolute Gasteiger partial charge is 0.361 e. The first-order chi connectivity index (χ1) is 36.6. The maximum absolute atomic E-state index is 12.9. The van der Waals surface area contributed by atoms with Gasteiger partial charge in [0.15, 0.2) is 6.10 Å². The number of likely N-dealkylation sites (N-methyl/N-ethyl adjacent to an activating group) is 1. The average molecular weight is 1050 g/mol. The van der Waals surface area contributed by atoms with Gasteiger partial charge in [-0.1, -0.05) is 245 Å². The number of carboxylic acid groups (broad SMARTS) is 1. The molecule has 0 aromatic carbocycles. The Labute approximate surface area is 460 Å². The highest BCUT2D eigenvalue weighted by Crippen LogP contribution is 2.16. The summed E-state index contributed by atoms with van der Waals surface area (Å²) in [4.78, 5) is 37.3. The van der Waals surface area contributed by atoms with E-state index in [-0.39, 0.29) is 32.7 Å². The molecule has 9 heteroatoms. The van der Waals surface area contributed by atoms with Crippen molar-refractivity contribution < 1.29 is 42.9 Å². The first-order valence-electron chi connectivity index (χ1n) is 30.1. The summed E-state index contributed by atoms with van der Waals surface area (Å²) in [6.07, 6.45) is 75.1. The van der Waals surface area contributed by atoms with Gasteiger partial charge in [0.2, 0.25) is 0 Å². The number of carbonyl (C=O) groups excluding carboxylic acids is 2. The second-order valence-electron chi connectivity index (χ2n) is 20.9. The minimum absolute atomic E-state index is 0.174. The van der Waals surface area contributed by atoms with Crippen LogP contribution >= 0.6 is 0 Å². The second-order valence-corrected chi connectivity index (χ2v) is 20.9. The molecule has 0 aliphatic rings. The SMILES string of the molecule is CC/C=C\C/C=C\C/C=C\C/C=C\C/C=C\CCCCCCCCCCCCCCCCCCCCCCCC(=O)OC(COC(=O)CC/C=C\C/C=C\C/C=C\C/C=C\CC)COC(OCC[N+](C)(C)C)C(=O)O. The third kappa shape index (κ3) is 57.5. The van der Waals surface area contributed by atoms with E-state index < -0.39 is 30.3 Å². The monoisotopic (exact) mass is 1050 g/mol. The van der Waals surface area contributed by atoms with Gasteiger partial charge in [0.1, 0.15) is 13.2 Å². The molecule has 0 amide bonds. The van der Waals surface area contributed by atoms with Crippen LogP contribution in [0.1, 0.15) is 232 Å². The van der Waals surface area contributed by atoms with Gasteiger partial charge in [-0.05, 0) is 83.5 Å². The molecule has 0 bridgehead atoms. The number of rotatable bonds is 54. The van der Waals surface area contributed by atoms with E-state index >= 15 is 0 Å². The number of ether oxygens (including phenoxy) is 4. The Kier molecular flexibility index (Phi) is 53.1. The molecule has 428 valence electrons. The summed E-state index contributed by atoms with van der Waals surface area (Å²) in [5.41, 5.74) is 0. The molecule has 0 radical (unpaired) electrons. The summed E-state index contributed by atoms with van der Waals surface area (Å²) in [6.45, 7) is 4.56. The zero-order chi connectivity index (χ0) is 54.8. The quantitative estimate of drug-likeness (QED) is 0.0211. The van der Waals surface area contributed by atoms with Crippen molar-refractivity contribution in [2.45, 2.75) is 245 Å². The fraction of sp³-hybridized carbons (Fsp3) is 0.682.